The van der Waals surface area contributed by atoms with E-state index in [1.54, 1.807) is 0 Å². The Kier molecular flexibility index (Phi) is 6.03. The van der Waals surface area contributed by atoms with Crippen LogP contribution in [0.2, 0.25) is 0 Å². The molecule has 4 nitrogen and oxygen atoms in total. The summed E-state index contributed by atoms with van der Waals surface area (Å²) in [6.07, 6.45) is 7.11. The minimum Gasteiger partial charge on any atom is -0.454 e. The van der Waals surface area contributed by atoms with Crippen molar-refractivity contribution in [3.8, 4) is 0 Å². The topological polar surface area (TPSA) is 46.5 Å². The van der Waals surface area contributed by atoms with Gasteiger partial charge in [0.25, 0.3) is 0 Å². The quantitative estimate of drug-likeness (QED) is 0.597. The van der Waals surface area contributed by atoms with Gasteiger partial charge >= 0.3 is 5.97 Å². The summed E-state index contributed by atoms with van der Waals surface area (Å²) in [5, 5.41) is 11.5. The number of ether oxygens (including phenoxy) is 1. The molecule has 4 heteroatoms. The van der Waals surface area contributed by atoms with Gasteiger partial charge < -0.3 is 14.3 Å². The number of rotatable bonds is 7. The van der Waals surface area contributed by atoms with Gasteiger partial charge in [-0.15, -0.1) is 0 Å². The highest BCUT2D eigenvalue weighted by molar-refractivity contribution is 5.81. The van der Waals surface area contributed by atoms with Gasteiger partial charge in [0.15, 0.2) is 11.7 Å². The molecular formula is C22H34NO3+. The Morgan fingerprint density at radius 2 is 1.92 bits per heavy atom. The zero-order valence-corrected chi connectivity index (χ0v) is 16.3. The number of nitrogens with zero attached hydrogens (tertiary/aromatic N) is 1. The predicted octanol–water partition coefficient (Wildman–Crippen LogP) is 3.63. The Morgan fingerprint density at radius 3 is 2.58 bits per heavy atom. The van der Waals surface area contributed by atoms with Crippen LogP contribution in [-0.2, 0) is 15.1 Å². The number of aliphatic hydroxyl groups is 1. The molecule has 1 heterocycles. The summed E-state index contributed by atoms with van der Waals surface area (Å²) >= 11 is 0. The van der Waals surface area contributed by atoms with Crippen molar-refractivity contribution in [3.63, 3.8) is 0 Å². The number of benzene rings is 1. The molecule has 1 aliphatic carbocycles. The van der Waals surface area contributed by atoms with Gasteiger partial charge in [0.2, 0.25) is 0 Å². The van der Waals surface area contributed by atoms with Crippen LogP contribution in [0.5, 0.6) is 0 Å². The van der Waals surface area contributed by atoms with Crippen LogP contribution in [0, 0.1) is 5.92 Å². The molecule has 2 fully saturated rings. The van der Waals surface area contributed by atoms with E-state index in [1.165, 1.54) is 12.8 Å². The maximum Gasteiger partial charge on any atom is 0.343 e. The third-order valence-corrected chi connectivity index (χ3v) is 6.43. The van der Waals surface area contributed by atoms with Crippen LogP contribution in [0.15, 0.2) is 30.3 Å². The highest BCUT2D eigenvalue weighted by Crippen LogP contribution is 2.42. The molecule has 0 aromatic heterocycles. The molecule has 0 radical (unpaired) electrons. The number of carbonyl (C=O) groups excluding carboxylic acids is 1. The molecule has 144 valence electrons. The van der Waals surface area contributed by atoms with Crippen LogP contribution in [0.4, 0.5) is 0 Å². The first-order valence-corrected chi connectivity index (χ1v) is 10.3. The average Bonchev–Trinajstić information content (AvgIpc) is 3.31. The van der Waals surface area contributed by atoms with Crippen LogP contribution >= 0.6 is 0 Å². The van der Waals surface area contributed by atoms with Crippen LogP contribution in [0.3, 0.4) is 0 Å². The minimum atomic E-state index is -1.51. The Labute approximate surface area is 157 Å². The lowest BCUT2D eigenvalue weighted by atomic mass is 9.80. The van der Waals surface area contributed by atoms with E-state index in [2.05, 4.69) is 14.0 Å². The van der Waals surface area contributed by atoms with Gasteiger partial charge in [-0.3, -0.25) is 0 Å². The molecule has 1 saturated heterocycles. The maximum absolute atomic E-state index is 13.2. The lowest BCUT2D eigenvalue weighted by Crippen LogP contribution is -2.47. The Balaban J connectivity index is 1.73. The van der Waals surface area contributed by atoms with Gasteiger partial charge in [-0.25, -0.2) is 4.79 Å². The molecule has 0 spiro atoms. The van der Waals surface area contributed by atoms with Crippen molar-refractivity contribution in [3.05, 3.63) is 35.9 Å². The summed E-state index contributed by atoms with van der Waals surface area (Å²) < 4.78 is 6.89. The van der Waals surface area contributed by atoms with Gasteiger partial charge in [0.1, 0.15) is 6.54 Å². The molecule has 1 N–H and O–H groups in total. The normalized spacial score (nSPS) is 28.8. The van der Waals surface area contributed by atoms with Gasteiger partial charge in [0.05, 0.1) is 20.1 Å². The second-order valence-electron chi connectivity index (χ2n) is 8.53. The molecule has 26 heavy (non-hydrogen) atoms. The minimum absolute atomic E-state index is 0.0419. The van der Waals surface area contributed by atoms with Crippen LogP contribution in [0.25, 0.3) is 0 Å². The first-order chi connectivity index (χ1) is 12.5. The molecular weight excluding hydrogens is 326 g/mol. The summed E-state index contributed by atoms with van der Waals surface area (Å²) in [6.45, 7) is 5.25. The number of unbranched alkanes of at least 4 members (excludes halogenated alkanes) is 1. The summed E-state index contributed by atoms with van der Waals surface area (Å²) in [6, 6.07) is 9.40. The van der Waals surface area contributed by atoms with Crippen molar-refractivity contribution in [2.24, 2.45) is 5.92 Å². The van der Waals surface area contributed by atoms with Crippen LogP contribution < -0.4 is 0 Å². The number of hydrogen-bond acceptors (Lipinski definition) is 3. The fourth-order valence-electron chi connectivity index (χ4n) is 4.77. The van der Waals surface area contributed by atoms with E-state index < -0.39 is 11.6 Å². The SMILES string of the molecule is CCCC[N+]1(C)CC[C@H](OC(=O)[C@@](O)(c2ccccc2)C2CCCC2)C1. The first-order valence-electron chi connectivity index (χ1n) is 10.3. The fraction of sp³-hybridized carbons (Fsp3) is 0.682. The molecule has 3 rings (SSSR count). The molecule has 1 aliphatic heterocycles. The van der Waals surface area contributed by atoms with Crippen molar-refractivity contribution in [2.75, 3.05) is 26.7 Å². The van der Waals surface area contributed by atoms with E-state index in [0.29, 0.717) is 5.56 Å². The molecule has 2 aliphatic rings. The Bertz CT molecular complexity index is 599. The number of esters is 1. The van der Waals surface area contributed by atoms with Gasteiger partial charge in [-0.2, -0.15) is 0 Å². The summed E-state index contributed by atoms with van der Waals surface area (Å²) in [5.74, 6) is -0.482. The van der Waals surface area contributed by atoms with Gasteiger partial charge in [-0.1, -0.05) is 56.5 Å². The van der Waals surface area contributed by atoms with E-state index >= 15 is 0 Å². The number of quaternary nitrogens is 1. The van der Waals surface area contributed by atoms with Crippen LogP contribution in [0.1, 0.15) is 57.4 Å². The monoisotopic (exact) mass is 360 g/mol. The van der Waals surface area contributed by atoms with E-state index in [9.17, 15) is 9.90 Å². The second kappa shape index (κ2) is 8.10. The molecule has 0 amide bonds. The largest absolute Gasteiger partial charge is 0.454 e. The molecule has 3 atom stereocenters. The molecule has 1 unspecified atom stereocenters. The summed E-state index contributed by atoms with van der Waals surface area (Å²) in [5.41, 5.74) is -0.828. The first kappa shape index (κ1) is 19.4. The number of likely N-dealkylation sites (N-methyl/N-ethyl adjacent to an activating group) is 1. The van der Waals surface area contributed by atoms with Crippen LogP contribution in [-0.4, -0.2) is 48.3 Å². The molecule has 0 bridgehead atoms. The molecule has 1 aromatic rings. The summed E-state index contributed by atoms with van der Waals surface area (Å²) in [7, 11) is 2.25. The van der Waals surface area contributed by atoms with Crippen molar-refractivity contribution in [1.82, 2.24) is 0 Å². The predicted molar refractivity (Wildman–Crippen MR) is 102 cm³/mol. The Morgan fingerprint density at radius 1 is 1.23 bits per heavy atom. The number of carbonyl (C=O) groups is 1. The van der Waals surface area contributed by atoms with Crippen molar-refractivity contribution in [2.45, 2.75) is 63.6 Å². The number of hydrogen-bond donors (Lipinski definition) is 1. The third-order valence-electron chi connectivity index (χ3n) is 6.43. The Hall–Kier alpha value is -1.39. The van der Waals surface area contributed by atoms with Crippen molar-refractivity contribution >= 4 is 5.97 Å². The van der Waals surface area contributed by atoms with Crippen molar-refractivity contribution in [1.29, 1.82) is 0 Å². The van der Waals surface area contributed by atoms with Crippen molar-refractivity contribution < 1.29 is 19.1 Å². The lowest BCUT2D eigenvalue weighted by molar-refractivity contribution is -0.899. The average molecular weight is 361 g/mol. The van der Waals surface area contributed by atoms with E-state index in [4.69, 9.17) is 4.74 Å². The smallest absolute Gasteiger partial charge is 0.343 e. The fourth-order valence-corrected chi connectivity index (χ4v) is 4.77. The van der Waals surface area contributed by atoms with Gasteiger partial charge in [0, 0.05) is 12.3 Å². The van der Waals surface area contributed by atoms with E-state index in [0.717, 1.165) is 56.2 Å². The zero-order chi connectivity index (χ0) is 18.6. The maximum atomic E-state index is 13.2. The zero-order valence-electron chi connectivity index (χ0n) is 16.3. The highest BCUT2D eigenvalue weighted by atomic mass is 16.6. The second-order valence-corrected chi connectivity index (χ2v) is 8.53. The van der Waals surface area contributed by atoms with E-state index in [1.807, 2.05) is 30.3 Å². The molecule has 1 saturated carbocycles. The standard InChI is InChI=1S/C22H34NO3/c1-3-4-15-23(2)16-14-20(17-23)26-21(24)22(25,19-12-8-9-13-19)18-10-6-5-7-11-18/h5-7,10-11,19-20,25H,3-4,8-9,12-17H2,1-2H3/q+1/t20-,22+,23?/m0/s1. The lowest BCUT2D eigenvalue weighted by Gasteiger charge is -2.33. The van der Waals surface area contributed by atoms with E-state index in [-0.39, 0.29) is 12.0 Å². The number of likely N-dealkylation sites (tertiary alicyclic amines) is 1. The summed E-state index contributed by atoms with van der Waals surface area (Å²) in [4.78, 5) is 13.2. The molecule has 1 aromatic carbocycles. The highest BCUT2D eigenvalue weighted by Gasteiger charge is 2.49. The van der Waals surface area contributed by atoms with Gasteiger partial charge in [-0.05, 0) is 24.8 Å². The third kappa shape index (κ3) is 3.96.